The summed E-state index contributed by atoms with van der Waals surface area (Å²) >= 11 is 0. The molecule has 0 atom stereocenters. The smallest absolute Gasteiger partial charge is 0.208 e. The van der Waals surface area contributed by atoms with Crippen LogP contribution in [0.4, 0.5) is 0 Å². The van der Waals surface area contributed by atoms with Crippen molar-refractivity contribution in [3.63, 3.8) is 0 Å². The van der Waals surface area contributed by atoms with E-state index >= 15 is 0 Å². The first kappa shape index (κ1) is 23.5. The zero-order valence-electron chi connectivity index (χ0n) is 18.3. The molecule has 0 spiro atoms. The summed E-state index contributed by atoms with van der Waals surface area (Å²) < 4.78 is 65.5. The van der Waals surface area contributed by atoms with E-state index in [1.807, 2.05) is 30.3 Å². The van der Waals surface area contributed by atoms with Gasteiger partial charge < -0.3 is 9.47 Å². The Morgan fingerprint density at radius 3 is 1.44 bits per heavy atom. The Hall–Kier alpha value is -3.62. The highest BCUT2D eigenvalue weighted by molar-refractivity contribution is 7.94. The number of methoxy groups -OCH3 is 1. The van der Waals surface area contributed by atoms with Crippen molar-refractivity contribution < 1.29 is 26.3 Å². The number of hydrogen-bond acceptors (Lipinski definition) is 6. The quantitative estimate of drug-likeness (QED) is 0.345. The monoisotopic (exact) mass is 494 g/mol. The van der Waals surface area contributed by atoms with E-state index in [1.165, 1.54) is 43.5 Å². The van der Waals surface area contributed by atoms with E-state index in [2.05, 4.69) is 0 Å². The third-order valence-corrected chi connectivity index (χ3v) is 8.90. The summed E-state index contributed by atoms with van der Waals surface area (Å²) in [5.74, 6) is 0.227. The van der Waals surface area contributed by atoms with Crippen molar-refractivity contribution >= 4 is 19.7 Å². The minimum atomic E-state index is -4.21. The second-order valence-electron chi connectivity index (χ2n) is 7.36. The fraction of sp³-hybridized carbons (Fsp3) is 0.0769. The van der Waals surface area contributed by atoms with E-state index in [0.717, 1.165) is 5.56 Å². The van der Waals surface area contributed by atoms with Crippen LogP contribution in [0.15, 0.2) is 123 Å². The van der Waals surface area contributed by atoms with Gasteiger partial charge in [0, 0.05) is 12.1 Å². The topological polar surface area (TPSA) is 86.7 Å². The van der Waals surface area contributed by atoms with Crippen LogP contribution in [-0.4, -0.2) is 23.9 Å². The summed E-state index contributed by atoms with van der Waals surface area (Å²) in [6.07, 6.45) is 0. The van der Waals surface area contributed by atoms with Gasteiger partial charge in [0.05, 0.1) is 26.7 Å². The van der Waals surface area contributed by atoms with Gasteiger partial charge in [0.2, 0.25) is 19.7 Å². The maximum atomic E-state index is 13.6. The normalized spacial score (nSPS) is 11.7. The maximum absolute atomic E-state index is 13.6. The lowest BCUT2D eigenvalue weighted by Gasteiger charge is -2.17. The lowest BCUT2D eigenvalue weighted by molar-refractivity contribution is 0.283. The fourth-order valence-electron chi connectivity index (χ4n) is 3.40. The van der Waals surface area contributed by atoms with Crippen molar-refractivity contribution in [2.24, 2.45) is 0 Å². The van der Waals surface area contributed by atoms with Crippen molar-refractivity contribution in [3.05, 3.63) is 109 Å². The van der Waals surface area contributed by atoms with Gasteiger partial charge in [-0.15, -0.1) is 0 Å². The summed E-state index contributed by atoms with van der Waals surface area (Å²) in [5, 5.41) is 0. The van der Waals surface area contributed by atoms with Crippen molar-refractivity contribution in [2.75, 3.05) is 7.11 Å². The lowest BCUT2D eigenvalue weighted by atomic mass is 10.2. The molecule has 0 unspecified atom stereocenters. The Morgan fingerprint density at radius 1 is 0.588 bits per heavy atom. The zero-order valence-corrected chi connectivity index (χ0v) is 19.9. The van der Waals surface area contributed by atoms with Gasteiger partial charge in [0.15, 0.2) is 11.5 Å². The molecule has 0 aliphatic rings. The highest BCUT2D eigenvalue weighted by atomic mass is 32.2. The second-order valence-corrected chi connectivity index (χ2v) is 11.2. The van der Waals surface area contributed by atoms with Gasteiger partial charge in [0.25, 0.3) is 0 Å². The van der Waals surface area contributed by atoms with Crippen LogP contribution in [0.1, 0.15) is 5.56 Å². The molecule has 174 valence electrons. The molecule has 0 aliphatic heterocycles. The number of benzene rings is 4. The van der Waals surface area contributed by atoms with Crippen molar-refractivity contribution in [3.8, 4) is 11.5 Å². The lowest BCUT2D eigenvalue weighted by Crippen LogP contribution is -2.12. The first-order valence-corrected chi connectivity index (χ1v) is 13.3. The van der Waals surface area contributed by atoms with E-state index in [9.17, 15) is 16.8 Å². The van der Waals surface area contributed by atoms with Crippen LogP contribution in [0.25, 0.3) is 0 Å². The summed E-state index contributed by atoms with van der Waals surface area (Å²) in [7, 11) is -7.03. The Bertz CT molecular complexity index is 1480. The first-order chi connectivity index (χ1) is 16.3. The van der Waals surface area contributed by atoms with Crippen LogP contribution in [0.2, 0.25) is 0 Å². The average Bonchev–Trinajstić information content (AvgIpc) is 2.88. The standard InChI is InChI=1S/C26H22O6S2/c1-31-23-17-25(33(27,28)21-13-7-3-8-14-21)26(34(29,30)22-15-9-4-10-16-22)18-24(23)32-19-20-11-5-2-6-12-20/h2-18H,19H2,1H3. The van der Waals surface area contributed by atoms with Gasteiger partial charge in [-0.3, -0.25) is 0 Å². The van der Waals surface area contributed by atoms with E-state index < -0.39 is 19.7 Å². The molecule has 4 rings (SSSR count). The van der Waals surface area contributed by atoms with Crippen LogP contribution in [0.5, 0.6) is 11.5 Å². The van der Waals surface area contributed by atoms with Crippen LogP contribution >= 0.6 is 0 Å². The minimum absolute atomic E-state index is 0.0282. The molecule has 4 aromatic rings. The molecule has 6 nitrogen and oxygen atoms in total. The number of hydrogen-bond donors (Lipinski definition) is 0. The van der Waals surface area contributed by atoms with Crippen molar-refractivity contribution in [2.45, 2.75) is 26.2 Å². The largest absolute Gasteiger partial charge is 0.493 e. The van der Waals surface area contributed by atoms with Crippen molar-refractivity contribution in [1.82, 2.24) is 0 Å². The zero-order chi connectivity index (χ0) is 24.2. The molecular formula is C26H22O6S2. The Morgan fingerprint density at radius 2 is 1.00 bits per heavy atom. The van der Waals surface area contributed by atoms with Gasteiger partial charge in [-0.2, -0.15) is 0 Å². The molecule has 0 N–H and O–H groups in total. The molecule has 4 aromatic carbocycles. The average molecular weight is 495 g/mol. The molecule has 0 amide bonds. The van der Waals surface area contributed by atoms with E-state index in [1.54, 1.807) is 36.4 Å². The third-order valence-electron chi connectivity index (χ3n) is 5.15. The molecule has 0 saturated heterocycles. The highest BCUT2D eigenvalue weighted by Gasteiger charge is 2.31. The fourth-order valence-corrected chi connectivity index (χ4v) is 6.77. The predicted molar refractivity (Wildman–Crippen MR) is 128 cm³/mol. The van der Waals surface area contributed by atoms with E-state index in [0.29, 0.717) is 0 Å². The molecule has 0 heterocycles. The van der Waals surface area contributed by atoms with Gasteiger partial charge >= 0.3 is 0 Å². The Kier molecular flexibility index (Phi) is 6.72. The minimum Gasteiger partial charge on any atom is -0.493 e. The molecule has 8 heteroatoms. The van der Waals surface area contributed by atoms with Gasteiger partial charge in [-0.1, -0.05) is 66.7 Å². The molecule has 0 aromatic heterocycles. The molecule has 0 bridgehead atoms. The molecule has 0 radical (unpaired) electrons. The third kappa shape index (κ3) is 4.69. The molecular weight excluding hydrogens is 472 g/mol. The summed E-state index contributed by atoms with van der Waals surface area (Å²) in [6.45, 7) is 0.146. The maximum Gasteiger partial charge on any atom is 0.208 e. The van der Waals surface area contributed by atoms with Crippen LogP contribution in [0, 0.1) is 0 Å². The van der Waals surface area contributed by atoms with Gasteiger partial charge in [0.1, 0.15) is 6.61 Å². The predicted octanol–water partition coefficient (Wildman–Crippen LogP) is 4.94. The highest BCUT2D eigenvalue weighted by Crippen LogP contribution is 2.39. The number of rotatable bonds is 8. The summed E-state index contributed by atoms with van der Waals surface area (Å²) in [6, 6.07) is 27.1. The SMILES string of the molecule is COc1cc(S(=O)(=O)c2ccccc2)c(S(=O)(=O)c2ccccc2)cc1OCc1ccccc1. The molecule has 34 heavy (non-hydrogen) atoms. The Labute approximate surface area is 199 Å². The number of ether oxygens (including phenoxy) is 2. The summed E-state index contributed by atoms with van der Waals surface area (Å²) in [5.41, 5.74) is 0.859. The van der Waals surface area contributed by atoms with Crippen LogP contribution in [0.3, 0.4) is 0 Å². The van der Waals surface area contributed by atoms with Crippen molar-refractivity contribution in [1.29, 1.82) is 0 Å². The number of sulfone groups is 2. The molecule has 0 saturated carbocycles. The molecule has 0 aliphatic carbocycles. The second kappa shape index (κ2) is 9.70. The van der Waals surface area contributed by atoms with E-state index in [4.69, 9.17) is 9.47 Å². The van der Waals surface area contributed by atoms with E-state index in [-0.39, 0.29) is 37.7 Å². The van der Waals surface area contributed by atoms with Gasteiger partial charge in [-0.05, 0) is 29.8 Å². The molecule has 0 fully saturated rings. The first-order valence-electron chi connectivity index (χ1n) is 10.3. The van der Waals surface area contributed by atoms with Crippen LogP contribution < -0.4 is 9.47 Å². The summed E-state index contributed by atoms with van der Waals surface area (Å²) in [4.78, 5) is -0.823. The Balaban J connectivity index is 1.92. The van der Waals surface area contributed by atoms with Crippen LogP contribution in [-0.2, 0) is 26.3 Å². The van der Waals surface area contributed by atoms with Gasteiger partial charge in [-0.25, -0.2) is 16.8 Å².